The molecule has 0 saturated heterocycles. The van der Waals surface area contributed by atoms with Gasteiger partial charge in [-0.25, -0.2) is 4.68 Å². The number of benzene rings is 2. The smallest absolute Gasteiger partial charge is 0.238 e. The summed E-state index contributed by atoms with van der Waals surface area (Å²) < 4.78 is 4.16. The van der Waals surface area contributed by atoms with Gasteiger partial charge in [-0.15, -0.1) is 0 Å². The van der Waals surface area contributed by atoms with Crippen molar-refractivity contribution >= 4 is 35.4 Å². The summed E-state index contributed by atoms with van der Waals surface area (Å²) in [5.41, 5.74) is 1.59. The van der Waals surface area contributed by atoms with E-state index in [0.29, 0.717) is 22.1 Å². The lowest BCUT2D eigenvalue weighted by atomic mass is 10.2. The molecule has 0 aliphatic rings. The fraction of sp³-hybridized carbons (Fsp3) is 0.211. The molecular formula is C19H20ClN5OS. The van der Waals surface area contributed by atoms with Crippen LogP contribution in [0.2, 0.25) is 5.02 Å². The summed E-state index contributed by atoms with van der Waals surface area (Å²) in [4.78, 5) is 14.1. The third-order valence-electron chi connectivity index (χ3n) is 4.01. The van der Waals surface area contributed by atoms with Gasteiger partial charge in [0.2, 0.25) is 5.91 Å². The number of hydrogen-bond acceptors (Lipinski definition) is 4. The molecule has 0 bridgehead atoms. The van der Waals surface area contributed by atoms with E-state index in [2.05, 4.69) is 10.4 Å². The van der Waals surface area contributed by atoms with E-state index < -0.39 is 0 Å². The van der Waals surface area contributed by atoms with E-state index in [9.17, 15) is 4.79 Å². The molecule has 8 heteroatoms. The zero-order valence-corrected chi connectivity index (χ0v) is 16.7. The lowest BCUT2D eigenvalue weighted by Crippen LogP contribution is -2.32. The maximum absolute atomic E-state index is 12.3. The van der Waals surface area contributed by atoms with Crippen LogP contribution in [0.1, 0.15) is 0 Å². The molecule has 1 aromatic heterocycles. The van der Waals surface area contributed by atoms with Gasteiger partial charge < -0.3 is 9.88 Å². The van der Waals surface area contributed by atoms with E-state index in [1.54, 1.807) is 16.8 Å². The maximum Gasteiger partial charge on any atom is 0.238 e. The standard InChI is InChI=1S/C19H20ClN5OS/c1-23(12-17(26)21-16-11-7-6-10-15(16)20)13-25-19(27)24(2)18(22-25)14-8-4-3-5-9-14/h3-11H,12-13H2,1-2H3,(H,21,26). The molecule has 27 heavy (non-hydrogen) atoms. The van der Waals surface area contributed by atoms with E-state index in [1.165, 1.54) is 0 Å². The Hall–Kier alpha value is -2.48. The van der Waals surface area contributed by atoms with Crippen LogP contribution in [0.3, 0.4) is 0 Å². The normalized spacial score (nSPS) is 11.0. The second-order valence-corrected chi connectivity index (χ2v) is 6.99. The second-order valence-electron chi connectivity index (χ2n) is 6.21. The number of anilines is 1. The summed E-state index contributed by atoms with van der Waals surface area (Å²) in [5, 5.41) is 7.92. The molecule has 1 N–H and O–H groups in total. The zero-order valence-electron chi connectivity index (χ0n) is 15.1. The average Bonchev–Trinajstić information content (AvgIpc) is 2.92. The Morgan fingerprint density at radius 2 is 1.85 bits per heavy atom. The van der Waals surface area contributed by atoms with Crippen LogP contribution < -0.4 is 5.32 Å². The van der Waals surface area contributed by atoms with Crippen LogP contribution >= 0.6 is 23.8 Å². The number of para-hydroxylation sites is 1. The summed E-state index contributed by atoms with van der Waals surface area (Å²) >= 11 is 11.6. The van der Waals surface area contributed by atoms with Gasteiger partial charge in [0.25, 0.3) is 0 Å². The topological polar surface area (TPSA) is 55.1 Å². The minimum atomic E-state index is -0.156. The Bertz CT molecular complexity index is 999. The van der Waals surface area contributed by atoms with Gasteiger partial charge in [0, 0.05) is 12.6 Å². The van der Waals surface area contributed by atoms with Crippen LogP contribution in [0.4, 0.5) is 5.69 Å². The minimum absolute atomic E-state index is 0.156. The maximum atomic E-state index is 12.3. The Morgan fingerprint density at radius 3 is 2.56 bits per heavy atom. The van der Waals surface area contributed by atoms with Crippen LogP contribution in [-0.4, -0.2) is 38.7 Å². The highest BCUT2D eigenvalue weighted by molar-refractivity contribution is 7.71. The van der Waals surface area contributed by atoms with E-state index in [0.717, 1.165) is 11.4 Å². The third-order valence-corrected chi connectivity index (χ3v) is 4.82. The largest absolute Gasteiger partial charge is 0.324 e. The summed E-state index contributed by atoms with van der Waals surface area (Å²) in [7, 11) is 3.73. The van der Waals surface area contributed by atoms with Crippen molar-refractivity contribution in [2.75, 3.05) is 18.9 Å². The lowest BCUT2D eigenvalue weighted by Gasteiger charge is -2.16. The molecule has 1 amide bonds. The van der Waals surface area contributed by atoms with E-state index in [1.807, 2.05) is 66.0 Å². The number of hydrogen-bond donors (Lipinski definition) is 1. The van der Waals surface area contributed by atoms with Crippen LogP contribution in [0.25, 0.3) is 11.4 Å². The van der Waals surface area contributed by atoms with Crippen molar-refractivity contribution < 1.29 is 4.79 Å². The summed E-state index contributed by atoms with van der Waals surface area (Å²) in [6.45, 7) is 0.583. The van der Waals surface area contributed by atoms with Crippen molar-refractivity contribution in [2.24, 2.45) is 7.05 Å². The van der Waals surface area contributed by atoms with E-state index in [-0.39, 0.29) is 12.5 Å². The molecule has 0 aliphatic carbocycles. The average molecular weight is 402 g/mol. The molecule has 0 aliphatic heterocycles. The molecular weight excluding hydrogens is 382 g/mol. The number of likely N-dealkylation sites (N-methyl/N-ethyl adjacent to an activating group) is 1. The van der Waals surface area contributed by atoms with Gasteiger partial charge in [-0.2, -0.15) is 5.10 Å². The molecule has 1 heterocycles. The highest BCUT2D eigenvalue weighted by Gasteiger charge is 2.13. The third kappa shape index (κ3) is 4.63. The predicted molar refractivity (Wildman–Crippen MR) is 110 cm³/mol. The number of carbonyl (C=O) groups excluding carboxylic acids is 1. The molecule has 6 nitrogen and oxygen atoms in total. The number of rotatable bonds is 6. The van der Waals surface area contributed by atoms with Crippen molar-refractivity contribution in [3.05, 3.63) is 64.4 Å². The first kappa shape index (κ1) is 19.3. The molecule has 3 aromatic rings. The zero-order chi connectivity index (χ0) is 19.4. The van der Waals surface area contributed by atoms with Crippen LogP contribution in [0.5, 0.6) is 0 Å². The number of carbonyl (C=O) groups is 1. The van der Waals surface area contributed by atoms with Crippen molar-refractivity contribution in [2.45, 2.75) is 6.67 Å². The molecule has 0 radical (unpaired) electrons. The highest BCUT2D eigenvalue weighted by atomic mass is 35.5. The van der Waals surface area contributed by atoms with Gasteiger partial charge in [0.1, 0.15) is 0 Å². The van der Waals surface area contributed by atoms with Crippen molar-refractivity contribution in [1.29, 1.82) is 0 Å². The first-order valence-electron chi connectivity index (χ1n) is 8.38. The fourth-order valence-electron chi connectivity index (χ4n) is 2.69. The second kappa shape index (κ2) is 8.47. The van der Waals surface area contributed by atoms with E-state index >= 15 is 0 Å². The molecule has 2 aromatic carbocycles. The number of nitrogens with one attached hydrogen (secondary N) is 1. The fourth-order valence-corrected chi connectivity index (χ4v) is 3.06. The first-order chi connectivity index (χ1) is 13.0. The molecule has 0 fully saturated rings. The SMILES string of the molecule is CN(CC(=O)Nc1ccccc1Cl)Cn1nc(-c2ccccc2)n(C)c1=S. The molecule has 140 valence electrons. The van der Waals surface area contributed by atoms with Gasteiger partial charge in [-0.1, -0.05) is 54.1 Å². The van der Waals surface area contributed by atoms with Crippen LogP contribution in [-0.2, 0) is 18.5 Å². The van der Waals surface area contributed by atoms with Gasteiger partial charge in [0.05, 0.1) is 23.9 Å². The van der Waals surface area contributed by atoms with Gasteiger partial charge in [-0.3, -0.25) is 9.69 Å². The van der Waals surface area contributed by atoms with Crippen molar-refractivity contribution in [1.82, 2.24) is 19.2 Å². The summed E-state index contributed by atoms with van der Waals surface area (Å²) in [6.07, 6.45) is 0. The molecule has 0 unspecified atom stereocenters. The van der Waals surface area contributed by atoms with Gasteiger partial charge in [-0.05, 0) is 31.4 Å². The van der Waals surface area contributed by atoms with Crippen LogP contribution in [0.15, 0.2) is 54.6 Å². The van der Waals surface area contributed by atoms with Crippen molar-refractivity contribution in [3.8, 4) is 11.4 Å². The Balaban J connectivity index is 1.68. The van der Waals surface area contributed by atoms with E-state index in [4.69, 9.17) is 23.8 Å². The predicted octanol–water partition coefficient (Wildman–Crippen LogP) is 3.80. The molecule has 0 spiro atoms. The quantitative estimate of drug-likeness (QED) is 0.638. The number of halogens is 1. The monoisotopic (exact) mass is 401 g/mol. The Morgan fingerprint density at radius 1 is 1.19 bits per heavy atom. The molecule has 0 atom stereocenters. The number of amides is 1. The number of aromatic nitrogens is 3. The molecule has 0 saturated carbocycles. The summed E-state index contributed by atoms with van der Waals surface area (Å²) in [5.74, 6) is 0.630. The Kier molecular flexibility index (Phi) is 6.05. The first-order valence-corrected chi connectivity index (χ1v) is 9.16. The van der Waals surface area contributed by atoms with Crippen LogP contribution in [0, 0.1) is 4.77 Å². The minimum Gasteiger partial charge on any atom is -0.324 e. The highest BCUT2D eigenvalue weighted by Crippen LogP contribution is 2.20. The molecule has 3 rings (SSSR count). The Labute approximate surface area is 168 Å². The lowest BCUT2D eigenvalue weighted by molar-refractivity contribution is -0.117. The number of nitrogens with zero attached hydrogens (tertiary/aromatic N) is 4. The summed E-state index contributed by atoms with van der Waals surface area (Å²) in [6, 6.07) is 17.0. The van der Waals surface area contributed by atoms with Crippen molar-refractivity contribution in [3.63, 3.8) is 0 Å². The van der Waals surface area contributed by atoms with Gasteiger partial charge >= 0.3 is 0 Å². The van der Waals surface area contributed by atoms with Gasteiger partial charge in [0.15, 0.2) is 10.6 Å².